The summed E-state index contributed by atoms with van der Waals surface area (Å²) in [6.45, 7) is 0. The fraction of sp³-hybridized carbons (Fsp3) is 0. The molecule has 0 bridgehead atoms. The van der Waals surface area contributed by atoms with Gasteiger partial charge in [0.15, 0.2) is 0 Å². The summed E-state index contributed by atoms with van der Waals surface area (Å²) >= 11 is 0. The molecule has 0 heterocycles. The first-order valence-electron chi connectivity index (χ1n) is 5.93. The third-order valence-corrected chi connectivity index (χ3v) is 2.58. The molecule has 1 amide bonds. The van der Waals surface area contributed by atoms with Gasteiger partial charge in [-0.3, -0.25) is 4.79 Å². The smallest absolute Gasteiger partial charge is 0.266 e. The lowest BCUT2D eigenvalue weighted by molar-refractivity contribution is -0.112. The number of carbonyl (C=O) groups excluding carboxylic acids is 1. The van der Waals surface area contributed by atoms with Gasteiger partial charge in [-0.1, -0.05) is 30.3 Å². The van der Waals surface area contributed by atoms with Gasteiger partial charge in [0.1, 0.15) is 17.5 Å². The topological polar surface area (TPSA) is 52.9 Å². The van der Waals surface area contributed by atoms with Crippen LogP contribution >= 0.6 is 0 Å². The van der Waals surface area contributed by atoms with Gasteiger partial charge in [-0.15, -0.1) is 0 Å². The molecule has 0 aliphatic carbocycles. The van der Waals surface area contributed by atoms with Crippen LogP contribution in [0.5, 0.6) is 0 Å². The lowest BCUT2D eigenvalue weighted by Gasteiger charge is -2.04. The van der Waals surface area contributed by atoms with E-state index in [9.17, 15) is 9.18 Å². The molecule has 0 atom stereocenters. The van der Waals surface area contributed by atoms with Gasteiger partial charge in [-0.25, -0.2) is 4.39 Å². The van der Waals surface area contributed by atoms with Crippen molar-refractivity contribution in [2.24, 2.45) is 0 Å². The van der Waals surface area contributed by atoms with E-state index in [2.05, 4.69) is 5.32 Å². The number of hydrogen-bond acceptors (Lipinski definition) is 2. The van der Waals surface area contributed by atoms with Crippen molar-refractivity contribution in [1.82, 2.24) is 0 Å². The number of nitriles is 1. The number of amides is 1. The third kappa shape index (κ3) is 3.53. The fourth-order valence-electron chi connectivity index (χ4n) is 1.60. The van der Waals surface area contributed by atoms with Crippen LogP contribution < -0.4 is 5.32 Å². The number of rotatable bonds is 3. The normalized spacial score (nSPS) is 10.7. The fourth-order valence-corrected chi connectivity index (χ4v) is 1.60. The summed E-state index contributed by atoms with van der Waals surface area (Å²) in [6, 6.07) is 16.3. The van der Waals surface area contributed by atoms with Crippen molar-refractivity contribution >= 4 is 17.7 Å². The van der Waals surface area contributed by atoms with E-state index in [-0.39, 0.29) is 11.4 Å². The molecule has 0 aliphatic rings. The molecule has 4 heteroatoms. The highest BCUT2D eigenvalue weighted by molar-refractivity contribution is 6.09. The minimum atomic E-state index is -0.525. The van der Waals surface area contributed by atoms with Gasteiger partial charge >= 0.3 is 0 Å². The number of carbonyl (C=O) groups is 1. The standard InChI is InChI=1S/C16H11FN2O/c17-14-6-8-15(9-7-14)19-16(20)13(11-18)10-12-4-2-1-3-5-12/h1-10H,(H,19,20)/b13-10+. The molecule has 0 unspecified atom stereocenters. The Labute approximate surface area is 116 Å². The second kappa shape index (κ2) is 6.30. The van der Waals surface area contributed by atoms with Crippen molar-refractivity contribution in [3.63, 3.8) is 0 Å². The van der Waals surface area contributed by atoms with E-state index in [4.69, 9.17) is 5.26 Å². The molecule has 0 fully saturated rings. The number of nitrogens with one attached hydrogen (secondary N) is 1. The predicted molar refractivity (Wildman–Crippen MR) is 75.1 cm³/mol. The Bertz CT molecular complexity index is 670. The van der Waals surface area contributed by atoms with Gasteiger partial charge in [0.25, 0.3) is 5.91 Å². The van der Waals surface area contributed by atoms with Gasteiger partial charge < -0.3 is 5.32 Å². The largest absolute Gasteiger partial charge is 0.321 e. The quantitative estimate of drug-likeness (QED) is 0.684. The molecule has 2 rings (SSSR count). The predicted octanol–water partition coefficient (Wildman–Crippen LogP) is 3.37. The lowest BCUT2D eigenvalue weighted by atomic mass is 10.1. The summed E-state index contributed by atoms with van der Waals surface area (Å²) in [5.74, 6) is -0.911. The van der Waals surface area contributed by atoms with Crippen molar-refractivity contribution in [2.45, 2.75) is 0 Å². The van der Waals surface area contributed by atoms with E-state index in [1.54, 1.807) is 12.1 Å². The molecule has 0 radical (unpaired) electrons. The average molecular weight is 266 g/mol. The van der Waals surface area contributed by atoms with Gasteiger partial charge in [-0.2, -0.15) is 5.26 Å². The summed E-state index contributed by atoms with van der Waals surface area (Å²) < 4.78 is 12.8. The maximum Gasteiger partial charge on any atom is 0.266 e. The number of hydrogen-bond donors (Lipinski definition) is 1. The maximum atomic E-state index is 12.8. The summed E-state index contributed by atoms with van der Waals surface area (Å²) in [4.78, 5) is 11.9. The summed E-state index contributed by atoms with van der Waals surface area (Å²) in [5.41, 5.74) is 1.18. The van der Waals surface area contributed by atoms with E-state index < -0.39 is 5.91 Å². The number of anilines is 1. The van der Waals surface area contributed by atoms with Crippen molar-refractivity contribution < 1.29 is 9.18 Å². The monoisotopic (exact) mass is 266 g/mol. The Morgan fingerprint density at radius 3 is 2.35 bits per heavy atom. The number of benzene rings is 2. The molecule has 1 N–H and O–H groups in total. The van der Waals surface area contributed by atoms with Crippen molar-refractivity contribution in [1.29, 1.82) is 5.26 Å². The van der Waals surface area contributed by atoms with E-state index in [0.717, 1.165) is 5.56 Å². The minimum absolute atomic E-state index is 0.0134. The molecular formula is C16H11FN2O. The molecule has 0 aliphatic heterocycles. The van der Waals surface area contributed by atoms with E-state index in [1.807, 2.05) is 24.3 Å². The maximum absolute atomic E-state index is 12.8. The Morgan fingerprint density at radius 2 is 1.75 bits per heavy atom. The van der Waals surface area contributed by atoms with Gasteiger partial charge in [0.05, 0.1) is 0 Å². The molecule has 0 saturated heterocycles. The molecule has 2 aromatic carbocycles. The second-order valence-corrected chi connectivity index (χ2v) is 4.04. The van der Waals surface area contributed by atoms with E-state index in [0.29, 0.717) is 5.69 Å². The first kappa shape index (κ1) is 13.5. The molecule has 2 aromatic rings. The zero-order chi connectivity index (χ0) is 14.4. The Morgan fingerprint density at radius 1 is 1.10 bits per heavy atom. The zero-order valence-corrected chi connectivity index (χ0v) is 10.5. The van der Waals surface area contributed by atoms with Crippen molar-refractivity contribution in [3.05, 3.63) is 71.6 Å². The van der Waals surface area contributed by atoms with Crippen LogP contribution in [-0.4, -0.2) is 5.91 Å². The minimum Gasteiger partial charge on any atom is -0.321 e. The highest BCUT2D eigenvalue weighted by Crippen LogP contribution is 2.11. The van der Waals surface area contributed by atoms with Gasteiger partial charge in [0, 0.05) is 5.69 Å². The van der Waals surface area contributed by atoms with Crippen LogP contribution in [0.15, 0.2) is 60.2 Å². The molecule has 98 valence electrons. The molecule has 20 heavy (non-hydrogen) atoms. The third-order valence-electron chi connectivity index (χ3n) is 2.58. The summed E-state index contributed by atoms with van der Waals surface area (Å²) in [6.07, 6.45) is 1.50. The zero-order valence-electron chi connectivity index (χ0n) is 10.5. The molecule has 0 aromatic heterocycles. The number of nitrogens with zero attached hydrogens (tertiary/aromatic N) is 1. The van der Waals surface area contributed by atoms with Gasteiger partial charge in [-0.05, 0) is 35.9 Å². The van der Waals surface area contributed by atoms with Crippen LogP contribution in [0.2, 0.25) is 0 Å². The first-order chi connectivity index (χ1) is 9.69. The highest BCUT2D eigenvalue weighted by Gasteiger charge is 2.09. The van der Waals surface area contributed by atoms with Crippen molar-refractivity contribution in [3.8, 4) is 6.07 Å². The van der Waals surface area contributed by atoms with Crippen LogP contribution in [0.1, 0.15) is 5.56 Å². The molecule has 3 nitrogen and oxygen atoms in total. The van der Waals surface area contributed by atoms with Gasteiger partial charge in [0.2, 0.25) is 0 Å². The van der Waals surface area contributed by atoms with Crippen LogP contribution in [0, 0.1) is 17.1 Å². The summed E-state index contributed by atoms with van der Waals surface area (Å²) in [7, 11) is 0. The van der Waals surface area contributed by atoms with Crippen LogP contribution in [0.4, 0.5) is 10.1 Å². The Kier molecular flexibility index (Phi) is 4.25. The summed E-state index contributed by atoms with van der Waals surface area (Å²) in [5, 5.41) is 11.6. The van der Waals surface area contributed by atoms with Crippen LogP contribution in [0.25, 0.3) is 6.08 Å². The SMILES string of the molecule is N#C/C(=C\c1ccccc1)C(=O)Nc1ccc(F)cc1. The molecular weight excluding hydrogens is 255 g/mol. The van der Waals surface area contributed by atoms with Crippen LogP contribution in [0.3, 0.4) is 0 Å². The second-order valence-electron chi connectivity index (χ2n) is 4.04. The molecule has 0 saturated carbocycles. The lowest BCUT2D eigenvalue weighted by Crippen LogP contribution is -2.13. The molecule has 0 spiro atoms. The number of halogens is 1. The van der Waals surface area contributed by atoms with Crippen molar-refractivity contribution in [2.75, 3.05) is 5.32 Å². The Hall–Kier alpha value is -2.93. The van der Waals surface area contributed by atoms with E-state index >= 15 is 0 Å². The van der Waals surface area contributed by atoms with Crippen LogP contribution in [-0.2, 0) is 4.79 Å². The first-order valence-corrected chi connectivity index (χ1v) is 5.93. The average Bonchev–Trinajstić information content (AvgIpc) is 2.48. The highest BCUT2D eigenvalue weighted by atomic mass is 19.1. The Balaban J connectivity index is 2.16. The van der Waals surface area contributed by atoms with E-state index in [1.165, 1.54) is 30.3 Å².